The summed E-state index contributed by atoms with van der Waals surface area (Å²) in [6.45, 7) is 1.38. The van der Waals surface area contributed by atoms with Crippen molar-refractivity contribution in [1.29, 1.82) is 0 Å². The van der Waals surface area contributed by atoms with E-state index >= 15 is 0 Å². The minimum Gasteiger partial charge on any atom is -0.374 e. The van der Waals surface area contributed by atoms with E-state index in [4.69, 9.17) is 10.5 Å². The maximum absolute atomic E-state index is 12.1. The van der Waals surface area contributed by atoms with Crippen LogP contribution in [0.2, 0.25) is 0 Å². The molecule has 0 spiro atoms. The van der Waals surface area contributed by atoms with Crippen LogP contribution in [0.1, 0.15) is 16.0 Å². The molecule has 0 radical (unpaired) electrons. The summed E-state index contributed by atoms with van der Waals surface area (Å²) in [5, 5.41) is 5.32. The van der Waals surface area contributed by atoms with E-state index in [9.17, 15) is 4.79 Å². The maximum atomic E-state index is 12.1. The van der Waals surface area contributed by atoms with Gasteiger partial charge in [-0.2, -0.15) is 0 Å². The molecule has 1 unspecified atom stereocenters. The van der Waals surface area contributed by atoms with Gasteiger partial charge in [-0.25, -0.2) is 0 Å². The smallest absolute Gasteiger partial charge is 0.244 e. The number of primary amides is 1. The van der Waals surface area contributed by atoms with Crippen molar-refractivity contribution in [3.05, 3.63) is 57.8 Å². The molecule has 2 heterocycles. The summed E-state index contributed by atoms with van der Waals surface area (Å²) in [5.41, 5.74) is 6.67. The molecule has 0 aliphatic carbocycles. The van der Waals surface area contributed by atoms with Crippen LogP contribution in [0.4, 0.5) is 0 Å². The fraction of sp³-hybridized carbons (Fsp3) is 0.267. The predicted molar refractivity (Wildman–Crippen MR) is 78.1 cm³/mol. The zero-order valence-electron chi connectivity index (χ0n) is 11.0. The lowest BCUT2D eigenvalue weighted by atomic mass is 9.84. The molecule has 5 heteroatoms. The zero-order chi connectivity index (χ0) is 14.0. The first kappa shape index (κ1) is 13.3. The largest absolute Gasteiger partial charge is 0.374 e. The third-order valence-corrected chi connectivity index (χ3v) is 4.49. The molecule has 1 atom stereocenters. The number of carbonyl (C=O) groups excluding carboxylic acids is 1. The number of nitrogens with one attached hydrogen (secondary N) is 1. The Morgan fingerprint density at radius 2 is 2.20 bits per heavy atom. The molecule has 1 amide bonds. The van der Waals surface area contributed by atoms with Crippen molar-refractivity contribution in [3.63, 3.8) is 0 Å². The first-order valence-corrected chi connectivity index (χ1v) is 7.34. The van der Waals surface area contributed by atoms with Crippen molar-refractivity contribution in [1.82, 2.24) is 5.32 Å². The molecule has 1 aromatic heterocycles. The Kier molecular flexibility index (Phi) is 3.56. The molecule has 1 aromatic carbocycles. The van der Waals surface area contributed by atoms with Crippen molar-refractivity contribution in [2.24, 2.45) is 5.73 Å². The van der Waals surface area contributed by atoms with E-state index in [1.54, 1.807) is 11.3 Å². The Morgan fingerprint density at radius 1 is 1.35 bits per heavy atom. The normalized spacial score (nSPS) is 21.4. The molecule has 20 heavy (non-hydrogen) atoms. The van der Waals surface area contributed by atoms with Crippen molar-refractivity contribution in [2.45, 2.75) is 18.7 Å². The Morgan fingerprint density at radius 3 is 2.95 bits per heavy atom. The Hall–Kier alpha value is -1.69. The topological polar surface area (TPSA) is 64.4 Å². The van der Waals surface area contributed by atoms with Gasteiger partial charge in [0, 0.05) is 11.4 Å². The van der Waals surface area contributed by atoms with Crippen LogP contribution in [-0.4, -0.2) is 12.5 Å². The summed E-state index contributed by atoms with van der Waals surface area (Å²) in [6.07, 6.45) is 0. The van der Waals surface area contributed by atoms with Crippen molar-refractivity contribution < 1.29 is 9.53 Å². The highest BCUT2D eigenvalue weighted by atomic mass is 32.1. The second kappa shape index (κ2) is 5.36. The van der Waals surface area contributed by atoms with Crippen molar-refractivity contribution >= 4 is 17.2 Å². The second-order valence-corrected chi connectivity index (χ2v) is 5.88. The molecule has 1 aliphatic heterocycles. The number of thiophene rings is 1. The lowest BCUT2D eigenvalue weighted by molar-refractivity contribution is -0.129. The van der Waals surface area contributed by atoms with Crippen LogP contribution in [0.3, 0.4) is 0 Å². The number of carbonyl (C=O) groups is 1. The highest BCUT2D eigenvalue weighted by molar-refractivity contribution is 7.09. The first-order valence-electron chi connectivity index (χ1n) is 6.46. The standard InChI is InChI=1S/C15H16N2O2S/c16-14(18)15(17-8-12-5-3-7-20-12)10-19-9-11-4-1-2-6-13(11)15/h1-7,17H,8-10H2,(H2,16,18). The van der Waals surface area contributed by atoms with Crippen LogP contribution in [0.25, 0.3) is 0 Å². The molecular weight excluding hydrogens is 272 g/mol. The van der Waals surface area contributed by atoms with Gasteiger partial charge < -0.3 is 10.5 Å². The monoisotopic (exact) mass is 288 g/mol. The first-order chi connectivity index (χ1) is 9.72. The van der Waals surface area contributed by atoms with Gasteiger partial charge in [0.05, 0.1) is 13.2 Å². The predicted octanol–water partition coefficient (Wildman–Crippen LogP) is 1.75. The summed E-state index contributed by atoms with van der Waals surface area (Å²) >= 11 is 1.65. The van der Waals surface area contributed by atoms with Crippen LogP contribution < -0.4 is 11.1 Å². The fourth-order valence-electron chi connectivity index (χ4n) is 2.54. The number of hydrogen-bond donors (Lipinski definition) is 2. The highest BCUT2D eigenvalue weighted by Crippen LogP contribution is 2.31. The van der Waals surface area contributed by atoms with E-state index in [-0.39, 0.29) is 6.61 Å². The number of benzene rings is 1. The van der Waals surface area contributed by atoms with Gasteiger partial charge >= 0.3 is 0 Å². The van der Waals surface area contributed by atoms with Gasteiger partial charge in [0.2, 0.25) is 5.91 Å². The summed E-state index contributed by atoms with van der Waals surface area (Å²) in [5.74, 6) is -0.402. The quantitative estimate of drug-likeness (QED) is 0.901. The summed E-state index contributed by atoms with van der Waals surface area (Å²) in [4.78, 5) is 13.2. The lowest BCUT2D eigenvalue weighted by Gasteiger charge is -2.37. The van der Waals surface area contributed by atoms with Crippen LogP contribution in [0.5, 0.6) is 0 Å². The Labute approximate surface area is 121 Å². The number of hydrogen-bond acceptors (Lipinski definition) is 4. The second-order valence-electron chi connectivity index (χ2n) is 4.85. The van der Waals surface area contributed by atoms with Gasteiger partial charge in [-0.1, -0.05) is 30.3 Å². The number of amides is 1. The number of nitrogens with two attached hydrogens (primary N) is 1. The van der Waals surface area contributed by atoms with Crippen LogP contribution in [0, 0.1) is 0 Å². The SMILES string of the molecule is NC(=O)C1(NCc2cccs2)COCc2ccccc21. The van der Waals surface area contributed by atoms with Gasteiger partial charge in [-0.05, 0) is 22.6 Å². The minimum atomic E-state index is -0.946. The highest BCUT2D eigenvalue weighted by Gasteiger charge is 2.42. The van der Waals surface area contributed by atoms with Gasteiger partial charge in [-0.15, -0.1) is 11.3 Å². The fourth-order valence-corrected chi connectivity index (χ4v) is 3.19. The summed E-state index contributed by atoms with van der Waals surface area (Å²) in [6, 6.07) is 11.8. The average molecular weight is 288 g/mol. The minimum absolute atomic E-state index is 0.269. The van der Waals surface area contributed by atoms with Gasteiger partial charge in [0.25, 0.3) is 0 Å². The number of fused-ring (bicyclic) bond motifs is 1. The van der Waals surface area contributed by atoms with Gasteiger partial charge in [0.1, 0.15) is 5.54 Å². The van der Waals surface area contributed by atoms with Crippen molar-refractivity contribution in [2.75, 3.05) is 6.61 Å². The molecule has 3 N–H and O–H groups in total. The molecule has 2 aromatic rings. The Balaban J connectivity index is 1.95. The molecule has 0 bridgehead atoms. The molecule has 0 saturated heterocycles. The molecule has 0 saturated carbocycles. The number of rotatable bonds is 4. The zero-order valence-corrected chi connectivity index (χ0v) is 11.8. The van der Waals surface area contributed by atoms with Crippen molar-refractivity contribution in [3.8, 4) is 0 Å². The molecule has 104 valence electrons. The molecular formula is C15H16N2O2S. The summed E-state index contributed by atoms with van der Waals surface area (Å²) in [7, 11) is 0. The Bertz CT molecular complexity index is 612. The van der Waals surface area contributed by atoms with Crippen LogP contribution >= 0.6 is 11.3 Å². The third kappa shape index (κ3) is 2.24. The summed E-state index contributed by atoms with van der Waals surface area (Å²) < 4.78 is 5.58. The third-order valence-electron chi connectivity index (χ3n) is 3.62. The van der Waals surface area contributed by atoms with Gasteiger partial charge in [-0.3, -0.25) is 10.1 Å². The van der Waals surface area contributed by atoms with Crippen LogP contribution in [0.15, 0.2) is 41.8 Å². The molecule has 4 nitrogen and oxygen atoms in total. The van der Waals surface area contributed by atoms with Gasteiger partial charge in [0.15, 0.2) is 0 Å². The van der Waals surface area contributed by atoms with E-state index < -0.39 is 11.4 Å². The van der Waals surface area contributed by atoms with E-state index in [0.29, 0.717) is 13.2 Å². The van der Waals surface area contributed by atoms with E-state index in [1.807, 2.05) is 41.8 Å². The van der Waals surface area contributed by atoms with E-state index in [2.05, 4.69) is 5.32 Å². The average Bonchev–Trinajstić information content (AvgIpc) is 2.98. The molecule has 0 fully saturated rings. The van der Waals surface area contributed by atoms with E-state index in [0.717, 1.165) is 16.0 Å². The maximum Gasteiger partial charge on any atom is 0.244 e. The molecule has 3 rings (SSSR count). The van der Waals surface area contributed by atoms with Crippen LogP contribution in [-0.2, 0) is 28.2 Å². The molecule has 1 aliphatic rings. The number of ether oxygens (including phenoxy) is 1. The van der Waals surface area contributed by atoms with E-state index in [1.165, 1.54) is 0 Å². The lowest BCUT2D eigenvalue weighted by Crippen LogP contribution is -2.57.